The van der Waals surface area contributed by atoms with Crippen LogP contribution in [0.5, 0.6) is 0 Å². The van der Waals surface area contributed by atoms with E-state index in [0.29, 0.717) is 43.8 Å². The first-order valence-corrected chi connectivity index (χ1v) is 11.4. The van der Waals surface area contributed by atoms with Crippen molar-refractivity contribution >= 4 is 17.3 Å². The highest BCUT2D eigenvalue weighted by atomic mass is 19.4. The van der Waals surface area contributed by atoms with E-state index in [1.165, 1.54) is 18.0 Å². The van der Waals surface area contributed by atoms with Crippen molar-refractivity contribution in [3.8, 4) is 0 Å². The van der Waals surface area contributed by atoms with Crippen molar-refractivity contribution in [2.24, 2.45) is 5.92 Å². The third-order valence-corrected chi connectivity index (χ3v) is 7.45. The van der Waals surface area contributed by atoms with Gasteiger partial charge in [0.25, 0.3) is 0 Å². The SMILES string of the molecule is COC(=O)C1CCC1(OC)c1nc2c(C)cc(N3CC[C@@](C)(n4ccc(C(F)(F)F)n4)C3)cn2n1. The fourth-order valence-electron chi connectivity index (χ4n) is 5.22. The van der Waals surface area contributed by atoms with Crippen LogP contribution in [-0.2, 0) is 31.6 Å². The molecule has 1 aliphatic carbocycles. The number of aromatic nitrogens is 5. The van der Waals surface area contributed by atoms with Crippen LogP contribution < -0.4 is 4.90 Å². The molecule has 3 aromatic rings. The molecule has 4 heterocycles. The number of carbonyl (C=O) groups excluding carboxylic acids is 1. The van der Waals surface area contributed by atoms with Gasteiger partial charge in [-0.15, -0.1) is 5.10 Å². The van der Waals surface area contributed by atoms with E-state index in [1.807, 2.05) is 26.1 Å². The molecule has 188 valence electrons. The summed E-state index contributed by atoms with van der Waals surface area (Å²) in [4.78, 5) is 19.0. The van der Waals surface area contributed by atoms with Gasteiger partial charge in [0.2, 0.25) is 0 Å². The quantitative estimate of drug-likeness (QED) is 0.505. The van der Waals surface area contributed by atoms with Crippen molar-refractivity contribution in [1.29, 1.82) is 0 Å². The molecule has 3 aromatic heterocycles. The van der Waals surface area contributed by atoms with Crippen molar-refractivity contribution in [3.05, 3.63) is 41.6 Å². The molecule has 0 aromatic carbocycles. The Labute approximate surface area is 199 Å². The number of pyridine rings is 1. The molecule has 1 saturated carbocycles. The van der Waals surface area contributed by atoms with Gasteiger partial charge in [-0.2, -0.15) is 18.3 Å². The number of halogens is 3. The van der Waals surface area contributed by atoms with Crippen LogP contribution in [0.4, 0.5) is 18.9 Å². The Balaban J connectivity index is 1.43. The van der Waals surface area contributed by atoms with Crippen LogP contribution in [0.2, 0.25) is 0 Å². The predicted octanol–water partition coefficient (Wildman–Crippen LogP) is 3.30. The summed E-state index contributed by atoms with van der Waals surface area (Å²) in [5.74, 6) is -0.382. The number of carbonyl (C=O) groups is 1. The van der Waals surface area contributed by atoms with Gasteiger partial charge >= 0.3 is 12.1 Å². The molecule has 2 unspecified atom stereocenters. The fraction of sp³-hybridized carbons (Fsp3) is 0.565. The van der Waals surface area contributed by atoms with Gasteiger partial charge in [0.15, 0.2) is 17.2 Å². The Hall–Kier alpha value is -3.15. The highest BCUT2D eigenvalue weighted by Gasteiger charge is 2.56. The van der Waals surface area contributed by atoms with Crippen molar-refractivity contribution in [2.45, 2.75) is 50.4 Å². The lowest BCUT2D eigenvalue weighted by Gasteiger charge is -2.44. The number of fused-ring (bicyclic) bond motifs is 1. The second-order valence-corrected chi connectivity index (χ2v) is 9.60. The van der Waals surface area contributed by atoms with E-state index in [4.69, 9.17) is 14.5 Å². The van der Waals surface area contributed by atoms with E-state index in [9.17, 15) is 18.0 Å². The number of alkyl halides is 3. The number of rotatable bonds is 5. The average molecular weight is 493 g/mol. The minimum absolute atomic E-state index is 0.349. The first-order chi connectivity index (χ1) is 16.5. The summed E-state index contributed by atoms with van der Waals surface area (Å²) in [5, 5.41) is 8.47. The molecule has 2 fully saturated rings. The number of hydrogen-bond donors (Lipinski definition) is 0. The molecule has 0 radical (unpaired) electrons. The van der Waals surface area contributed by atoms with Crippen LogP contribution in [0.15, 0.2) is 24.5 Å². The summed E-state index contributed by atoms with van der Waals surface area (Å²) in [6.07, 6.45) is 0.657. The number of ether oxygens (including phenoxy) is 2. The third-order valence-electron chi connectivity index (χ3n) is 7.45. The summed E-state index contributed by atoms with van der Waals surface area (Å²) < 4.78 is 52.9. The third kappa shape index (κ3) is 3.65. The number of nitrogens with zero attached hydrogens (tertiary/aromatic N) is 6. The van der Waals surface area contributed by atoms with Gasteiger partial charge in [-0.3, -0.25) is 9.48 Å². The maximum absolute atomic E-state index is 13.0. The van der Waals surface area contributed by atoms with Gasteiger partial charge in [-0.25, -0.2) is 9.50 Å². The molecule has 0 spiro atoms. The molecule has 0 N–H and O–H groups in total. The summed E-state index contributed by atoms with van der Waals surface area (Å²) in [5.41, 5.74) is 0.0161. The lowest BCUT2D eigenvalue weighted by molar-refractivity contribution is -0.182. The molecule has 12 heteroatoms. The number of aryl methyl sites for hydroxylation is 1. The lowest BCUT2D eigenvalue weighted by atomic mass is 9.68. The maximum atomic E-state index is 13.0. The molecule has 0 amide bonds. The van der Waals surface area contributed by atoms with Gasteiger partial charge in [0, 0.05) is 26.4 Å². The van der Waals surface area contributed by atoms with Crippen LogP contribution in [-0.4, -0.2) is 57.7 Å². The average Bonchev–Trinajstić information content (AvgIpc) is 3.52. The first kappa shape index (κ1) is 23.6. The number of hydrogen-bond acceptors (Lipinski definition) is 7. The van der Waals surface area contributed by atoms with Gasteiger partial charge in [0.05, 0.1) is 30.5 Å². The minimum atomic E-state index is -4.47. The standard InChI is InChI=1S/C23H27F3N6O3/c1-14-11-15(30-10-8-21(2,13-30)32-9-6-17(28-32)23(24,25)26)12-31-18(14)27-20(29-31)22(35-4)7-5-16(22)19(33)34-3/h6,9,11-12,16H,5,7-8,10,13H2,1-4H3/t16?,21-,22?/m1/s1. The van der Waals surface area contributed by atoms with E-state index >= 15 is 0 Å². The van der Waals surface area contributed by atoms with E-state index in [-0.39, 0.29) is 5.97 Å². The van der Waals surface area contributed by atoms with Crippen LogP contribution in [0, 0.1) is 12.8 Å². The van der Waals surface area contributed by atoms with Crippen molar-refractivity contribution in [3.63, 3.8) is 0 Å². The predicted molar refractivity (Wildman–Crippen MR) is 119 cm³/mol. The smallest absolute Gasteiger partial charge is 0.435 e. The van der Waals surface area contributed by atoms with E-state index in [0.717, 1.165) is 17.3 Å². The zero-order valence-corrected chi connectivity index (χ0v) is 20.0. The van der Waals surface area contributed by atoms with Gasteiger partial charge in [-0.1, -0.05) is 0 Å². The van der Waals surface area contributed by atoms with Crippen molar-refractivity contribution in [2.75, 3.05) is 32.2 Å². The van der Waals surface area contributed by atoms with Gasteiger partial charge in [-0.05, 0) is 50.8 Å². The van der Waals surface area contributed by atoms with Crippen LogP contribution in [0.3, 0.4) is 0 Å². The monoisotopic (exact) mass is 492 g/mol. The largest absolute Gasteiger partial charge is 0.469 e. The van der Waals surface area contributed by atoms with E-state index in [2.05, 4.69) is 15.1 Å². The Morgan fingerprint density at radius 3 is 2.60 bits per heavy atom. The highest BCUT2D eigenvalue weighted by Crippen LogP contribution is 2.49. The lowest BCUT2D eigenvalue weighted by Crippen LogP contribution is -2.51. The second kappa shape index (κ2) is 7.94. The first-order valence-electron chi connectivity index (χ1n) is 11.4. The van der Waals surface area contributed by atoms with Crippen LogP contribution in [0.25, 0.3) is 5.65 Å². The molecule has 1 aliphatic heterocycles. The molecule has 9 nitrogen and oxygen atoms in total. The van der Waals surface area contributed by atoms with Crippen LogP contribution in [0.1, 0.15) is 43.3 Å². The van der Waals surface area contributed by atoms with E-state index in [1.54, 1.807) is 11.6 Å². The fourth-order valence-corrected chi connectivity index (χ4v) is 5.22. The zero-order chi connectivity index (χ0) is 25.2. The van der Waals surface area contributed by atoms with Crippen molar-refractivity contribution in [1.82, 2.24) is 24.4 Å². The number of anilines is 1. The zero-order valence-electron chi connectivity index (χ0n) is 20.0. The summed E-state index contributed by atoms with van der Waals surface area (Å²) in [6.45, 7) is 4.97. The summed E-state index contributed by atoms with van der Waals surface area (Å²) in [7, 11) is 2.90. The Kier molecular flexibility index (Phi) is 5.35. The molecule has 5 rings (SSSR count). The number of methoxy groups -OCH3 is 2. The molecule has 0 bridgehead atoms. The topological polar surface area (TPSA) is 86.8 Å². The molecule has 2 aliphatic rings. The normalized spacial score (nSPS) is 26.8. The molecular weight excluding hydrogens is 465 g/mol. The molecule has 1 saturated heterocycles. The minimum Gasteiger partial charge on any atom is -0.469 e. The molecule has 35 heavy (non-hydrogen) atoms. The van der Waals surface area contributed by atoms with Gasteiger partial charge < -0.3 is 14.4 Å². The van der Waals surface area contributed by atoms with Gasteiger partial charge in [0.1, 0.15) is 5.60 Å². The van der Waals surface area contributed by atoms with E-state index < -0.39 is 28.9 Å². The number of esters is 1. The van der Waals surface area contributed by atoms with Crippen molar-refractivity contribution < 1.29 is 27.4 Å². The summed E-state index contributed by atoms with van der Waals surface area (Å²) in [6, 6.07) is 3.00. The Morgan fingerprint density at radius 2 is 2.00 bits per heavy atom. The maximum Gasteiger partial charge on any atom is 0.435 e. The summed E-state index contributed by atoms with van der Waals surface area (Å²) >= 11 is 0. The second-order valence-electron chi connectivity index (χ2n) is 9.60. The highest BCUT2D eigenvalue weighted by molar-refractivity contribution is 5.75. The molecule has 3 atom stereocenters. The van der Waals surface area contributed by atoms with Crippen LogP contribution >= 0.6 is 0 Å². The Morgan fingerprint density at radius 1 is 1.23 bits per heavy atom. The molecular formula is C23H27F3N6O3. The Bertz CT molecular complexity index is 1280.